The van der Waals surface area contributed by atoms with Crippen LogP contribution in [0, 0.1) is 5.92 Å². The zero-order chi connectivity index (χ0) is 13.5. The van der Waals surface area contributed by atoms with E-state index >= 15 is 0 Å². The molecule has 4 heteroatoms. The molecular weight excluding hydrogens is 240 g/mol. The number of carbonyl (C=O) groups excluding carboxylic acids is 1. The maximum atomic E-state index is 11.5. The normalized spacial score (nSPS) is 16.1. The SMILES string of the molecule is CCOC(=O)c1ccc(NCC2CCCCC2)nc1. The minimum Gasteiger partial charge on any atom is -0.462 e. The third-order valence-corrected chi connectivity index (χ3v) is 3.57. The van der Waals surface area contributed by atoms with Crippen LogP contribution in [0.3, 0.4) is 0 Å². The number of ether oxygens (including phenoxy) is 1. The van der Waals surface area contributed by atoms with Crippen LogP contribution in [0.4, 0.5) is 5.82 Å². The highest BCUT2D eigenvalue weighted by atomic mass is 16.5. The Balaban J connectivity index is 1.82. The Morgan fingerprint density at radius 1 is 1.37 bits per heavy atom. The van der Waals surface area contributed by atoms with E-state index in [1.165, 1.54) is 32.1 Å². The Morgan fingerprint density at radius 3 is 2.79 bits per heavy atom. The van der Waals surface area contributed by atoms with Crippen molar-refractivity contribution in [1.82, 2.24) is 4.98 Å². The third-order valence-electron chi connectivity index (χ3n) is 3.57. The number of nitrogens with zero attached hydrogens (tertiary/aromatic N) is 1. The van der Waals surface area contributed by atoms with Crippen molar-refractivity contribution in [2.24, 2.45) is 5.92 Å². The van der Waals surface area contributed by atoms with E-state index in [1.807, 2.05) is 6.07 Å². The van der Waals surface area contributed by atoms with Gasteiger partial charge in [0.25, 0.3) is 0 Å². The maximum absolute atomic E-state index is 11.5. The number of hydrogen-bond acceptors (Lipinski definition) is 4. The number of aromatic nitrogens is 1. The van der Waals surface area contributed by atoms with E-state index < -0.39 is 0 Å². The standard InChI is InChI=1S/C15H22N2O2/c1-2-19-15(18)13-8-9-14(17-11-13)16-10-12-6-4-3-5-7-12/h8-9,11-12H,2-7,10H2,1H3,(H,16,17). The quantitative estimate of drug-likeness (QED) is 0.828. The molecule has 1 aliphatic rings. The molecule has 1 fully saturated rings. The van der Waals surface area contributed by atoms with Crippen molar-refractivity contribution in [1.29, 1.82) is 0 Å². The van der Waals surface area contributed by atoms with E-state index in [0.717, 1.165) is 18.3 Å². The molecule has 1 heterocycles. The highest BCUT2D eigenvalue weighted by Gasteiger charge is 2.13. The molecule has 1 saturated carbocycles. The molecule has 0 bridgehead atoms. The summed E-state index contributed by atoms with van der Waals surface area (Å²) in [7, 11) is 0. The number of hydrogen-bond donors (Lipinski definition) is 1. The number of carbonyl (C=O) groups is 1. The molecular formula is C15H22N2O2. The Bertz CT molecular complexity index is 397. The van der Waals surface area contributed by atoms with Crippen molar-refractivity contribution in [3.8, 4) is 0 Å². The fourth-order valence-corrected chi connectivity index (χ4v) is 2.47. The molecule has 1 N–H and O–H groups in total. The van der Waals surface area contributed by atoms with Crippen LogP contribution in [-0.2, 0) is 4.74 Å². The Kier molecular flexibility index (Phi) is 5.19. The molecule has 0 atom stereocenters. The van der Waals surface area contributed by atoms with E-state index in [0.29, 0.717) is 12.2 Å². The summed E-state index contributed by atoms with van der Waals surface area (Å²) in [6.07, 6.45) is 8.27. The minimum absolute atomic E-state index is 0.311. The fourth-order valence-electron chi connectivity index (χ4n) is 2.47. The van der Waals surface area contributed by atoms with Gasteiger partial charge >= 0.3 is 5.97 Å². The van der Waals surface area contributed by atoms with Gasteiger partial charge in [0.2, 0.25) is 0 Å². The first-order valence-electron chi connectivity index (χ1n) is 7.16. The summed E-state index contributed by atoms with van der Waals surface area (Å²) >= 11 is 0. The molecule has 0 aromatic carbocycles. The summed E-state index contributed by atoms with van der Waals surface area (Å²) in [6, 6.07) is 3.60. The minimum atomic E-state index is -0.311. The fraction of sp³-hybridized carbons (Fsp3) is 0.600. The van der Waals surface area contributed by atoms with Crippen LogP contribution in [-0.4, -0.2) is 24.1 Å². The van der Waals surface area contributed by atoms with Crippen molar-refractivity contribution in [2.75, 3.05) is 18.5 Å². The molecule has 1 aromatic rings. The largest absolute Gasteiger partial charge is 0.462 e. The summed E-state index contributed by atoms with van der Waals surface area (Å²) < 4.78 is 4.92. The molecule has 1 aliphatic carbocycles. The van der Waals surface area contributed by atoms with Gasteiger partial charge in [-0.05, 0) is 37.8 Å². The average Bonchev–Trinajstić information content (AvgIpc) is 2.47. The molecule has 0 amide bonds. The molecule has 0 unspecified atom stereocenters. The topological polar surface area (TPSA) is 51.2 Å². The molecule has 0 radical (unpaired) electrons. The predicted octanol–water partition coefficient (Wildman–Crippen LogP) is 3.25. The molecule has 2 rings (SSSR count). The first kappa shape index (κ1) is 13.8. The van der Waals surface area contributed by atoms with Gasteiger partial charge in [0.05, 0.1) is 12.2 Å². The summed E-state index contributed by atoms with van der Waals surface area (Å²) in [5.41, 5.74) is 0.505. The first-order chi connectivity index (χ1) is 9.29. The van der Waals surface area contributed by atoms with Crippen molar-refractivity contribution in [3.63, 3.8) is 0 Å². The van der Waals surface area contributed by atoms with Crippen LogP contribution in [0.15, 0.2) is 18.3 Å². The van der Waals surface area contributed by atoms with Gasteiger partial charge in [0.15, 0.2) is 0 Å². The molecule has 0 saturated heterocycles. The summed E-state index contributed by atoms with van der Waals surface area (Å²) in [5.74, 6) is 1.28. The maximum Gasteiger partial charge on any atom is 0.339 e. The van der Waals surface area contributed by atoms with Crippen LogP contribution >= 0.6 is 0 Å². The van der Waals surface area contributed by atoms with Crippen molar-refractivity contribution >= 4 is 11.8 Å². The van der Waals surface area contributed by atoms with Gasteiger partial charge in [-0.2, -0.15) is 0 Å². The Morgan fingerprint density at radius 2 is 2.16 bits per heavy atom. The molecule has 104 valence electrons. The second kappa shape index (κ2) is 7.12. The van der Waals surface area contributed by atoms with Crippen molar-refractivity contribution in [3.05, 3.63) is 23.9 Å². The van der Waals surface area contributed by atoms with Gasteiger partial charge in [-0.15, -0.1) is 0 Å². The van der Waals surface area contributed by atoms with Gasteiger partial charge in [-0.1, -0.05) is 19.3 Å². The first-order valence-corrected chi connectivity index (χ1v) is 7.16. The van der Waals surface area contributed by atoms with Crippen LogP contribution in [0.25, 0.3) is 0 Å². The molecule has 0 aliphatic heterocycles. The molecule has 0 spiro atoms. The zero-order valence-corrected chi connectivity index (χ0v) is 11.5. The monoisotopic (exact) mass is 262 g/mol. The van der Waals surface area contributed by atoms with E-state index in [1.54, 1.807) is 19.2 Å². The van der Waals surface area contributed by atoms with E-state index in [4.69, 9.17) is 4.74 Å². The summed E-state index contributed by atoms with van der Waals surface area (Å²) in [6.45, 7) is 3.16. The van der Waals surface area contributed by atoms with E-state index in [9.17, 15) is 4.79 Å². The highest BCUT2D eigenvalue weighted by molar-refractivity contribution is 5.89. The van der Waals surface area contributed by atoms with Gasteiger partial charge in [-0.3, -0.25) is 0 Å². The van der Waals surface area contributed by atoms with Crippen LogP contribution in [0.5, 0.6) is 0 Å². The highest BCUT2D eigenvalue weighted by Crippen LogP contribution is 2.23. The van der Waals surface area contributed by atoms with Gasteiger partial charge in [0, 0.05) is 12.7 Å². The van der Waals surface area contributed by atoms with Crippen LogP contribution in [0.1, 0.15) is 49.4 Å². The average molecular weight is 262 g/mol. The lowest BCUT2D eigenvalue weighted by Crippen LogP contribution is -2.17. The summed E-state index contributed by atoms with van der Waals surface area (Å²) in [5, 5.41) is 3.35. The number of esters is 1. The second-order valence-electron chi connectivity index (χ2n) is 5.04. The van der Waals surface area contributed by atoms with E-state index in [-0.39, 0.29) is 5.97 Å². The lowest BCUT2D eigenvalue weighted by molar-refractivity contribution is 0.0526. The number of nitrogens with one attached hydrogen (secondary N) is 1. The molecule has 19 heavy (non-hydrogen) atoms. The smallest absolute Gasteiger partial charge is 0.339 e. The van der Waals surface area contributed by atoms with Crippen molar-refractivity contribution < 1.29 is 9.53 Å². The Labute approximate surface area is 114 Å². The van der Waals surface area contributed by atoms with Gasteiger partial charge < -0.3 is 10.1 Å². The van der Waals surface area contributed by atoms with Crippen molar-refractivity contribution in [2.45, 2.75) is 39.0 Å². The third kappa shape index (κ3) is 4.23. The number of rotatable bonds is 5. The van der Waals surface area contributed by atoms with Gasteiger partial charge in [0.1, 0.15) is 5.82 Å². The van der Waals surface area contributed by atoms with Gasteiger partial charge in [-0.25, -0.2) is 9.78 Å². The zero-order valence-electron chi connectivity index (χ0n) is 11.5. The lowest BCUT2D eigenvalue weighted by atomic mass is 9.89. The second-order valence-corrected chi connectivity index (χ2v) is 5.04. The Hall–Kier alpha value is -1.58. The lowest BCUT2D eigenvalue weighted by Gasteiger charge is -2.21. The predicted molar refractivity (Wildman–Crippen MR) is 75.3 cm³/mol. The number of anilines is 1. The van der Waals surface area contributed by atoms with Crippen LogP contribution < -0.4 is 5.32 Å². The molecule has 4 nitrogen and oxygen atoms in total. The number of pyridine rings is 1. The van der Waals surface area contributed by atoms with Crippen LogP contribution in [0.2, 0.25) is 0 Å². The molecule has 1 aromatic heterocycles. The van der Waals surface area contributed by atoms with E-state index in [2.05, 4.69) is 10.3 Å². The summed E-state index contributed by atoms with van der Waals surface area (Å²) in [4.78, 5) is 15.7.